The highest BCUT2D eigenvalue weighted by Gasteiger charge is 2.10. The van der Waals surface area contributed by atoms with Crippen LogP contribution in [0.3, 0.4) is 0 Å². The molecule has 0 radical (unpaired) electrons. The zero-order valence-electron chi connectivity index (χ0n) is 11.5. The van der Waals surface area contributed by atoms with E-state index in [2.05, 4.69) is 44.2 Å². The van der Waals surface area contributed by atoms with Gasteiger partial charge in [0.15, 0.2) is 0 Å². The smallest absolute Gasteiger partial charge is 0.0484 e. The van der Waals surface area contributed by atoms with Crippen LogP contribution in [0.5, 0.6) is 0 Å². The SMILES string of the molecule is Cc1ccccc1-c1cc(C(C)CCN)ccc1Cl. The minimum absolute atomic E-state index is 0.463. The largest absolute Gasteiger partial charge is 0.330 e. The Labute approximate surface area is 120 Å². The molecular formula is C17H20ClN. The Kier molecular flexibility index (Phi) is 4.62. The van der Waals surface area contributed by atoms with Crippen molar-refractivity contribution in [3.05, 3.63) is 58.6 Å². The van der Waals surface area contributed by atoms with Crippen LogP contribution >= 0.6 is 11.6 Å². The Morgan fingerprint density at radius 2 is 1.84 bits per heavy atom. The summed E-state index contributed by atoms with van der Waals surface area (Å²) in [5.41, 5.74) is 10.5. The van der Waals surface area contributed by atoms with Gasteiger partial charge < -0.3 is 5.73 Å². The maximum absolute atomic E-state index is 6.36. The Balaban J connectivity index is 2.46. The van der Waals surface area contributed by atoms with Crippen LogP contribution in [0.15, 0.2) is 42.5 Å². The molecule has 0 fully saturated rings. The summed E-state index contributed by atoms with van der Waals surface area (Å²) >= 11 is 6.36. The molecule has 0 aliphatic rings. The Morgan fingerprint density at radius 3 is 2.53 bits per heavy atom. The first kappa shape index (κ1) is 14.1. The topological polar surface area (TPSA) is 26.0 Å². The number of halogens is 1. The first-order valence-corrected chi connectivity index (χ1v) is 7.06. The van der Waals surface area contributed by atoms with Crippen molar-refractivity contribution in [1.82, 2.24) is 0 Å². The van der Waals surface area contributed by atoms with E-state index in [0.717, 1.165) is 17.0 Å². The van der Waals surface area contributed by atoms with E-state index in [0.29, 0.717) is 12.5 Å². The van der Waals surface area contributed by atoms with Gasteiger partial charge >= 0.3 is 0 Å². The molecule has 100 valence electrons. The van der Waals surface area contributed by atoms with Gasteiger partial charge in [0.05, 0.1) is 0 Å². The molecule has 0 aliphatic heterocycles. The van der Waals surface area contributed by atoms with Gasteiger partial charge in [-0.05, 0) is 54.6 Å². The molecule has 0 heterocycles. The lowest BCUT2D eigenvalue weighted by atomic mass is 9.93. The minimum atomic E-state index is 0.463. The van der Waals surface area contributed by atoms with Crippen LogP contribution in [-0.2, 0) is 0 Å². The van der Waals surface area contributed by atoms with Crippen LogP contribution in [0.2, 0.25) is 5.02 Å². The van der Waals surface area contributed by atoms with E-state index in [9.17, 15) is 0 Å². The fraction of sp³-hybridized carbons (Fsp3) is 0.294. The molecular weight excluding hydrogens is 254 g/mol. The molecule has 2 N–H and O–H groups in total. The van der Waals surface area contributed by atoms with Gasteiger partial charge in [-0.1, -0.05) is 48.9 Å². The molecule has 2 rings (SSSR count). The number of aryl methyl sites for hydroxylation is 1. The average Bonchev–Trinajstić information content (AvgIpc) is 2.40. The lowest BCUT2D eigenvalue weighted by molar-refractivity contribution is 0.690. The van der Waals surface area contributed by atoms with Crippen molar-refractivity contribution in [3.63, 3.8) is 0 Å². The molecule has 0 aliphatic carbocycles. The van der Waals surface area contributed by atoms with E-state index >= 15 is 0 Å². The summed E-state index contributed by atoms with van der Waals surface area (Å²) in [5, 5.41) is 0.804. The van der Waals surface area contributed by atoms with E-state index in [1.54, 1.807) is 0 Å². The third-order valence-corrected chi connectivity index (χ3v) is 3.92. The zero-order chi connectivity index (χ0) is 13.8. The Morgan fingerprint density at radius 1 is 1.11 bits per heavy atom. The molecule has 2 aromatic rings. The predicted molar refractivity (Wildman–Crippen MR) is 83.7 cm³/mol. The van der Waals surface area contributed by atoms with Crippen molar-refractivity contribution in [3.8, 4) is 11.1 Å². The molecule has 1 nitrogen and oxygen atoms in total. The van der Waals surface area contributed by atoms with E-state index in [4.69, 9.17) is 17.3 Å². The number of nitrogens with two attached hydrogens (primary N) is 1. The fourth-order valence-electron chi connectivity index (χ4n) is 2.35. The lowest BCUT2D eigenvalue weighted by Crippen LogP contribution is -2.04. The highest BCUT2D eigenvalue weighted by atomic mass is 35.5. The van der Waals surface area contributed by atoms with Crippen molar-refractivity contribution in [1.29, 1.82) is 0 Å². The van der Waals surface area contributed by atoms with Crippen molar-refractivity contribution in [2.24, 2.45) is 5.73 Å². The molecule has 0 saturated heterocycles. The Hall–Kier alpha value is -1.31. The molecule has 0 bridgehead atoms. The predicted octanol–water partition coefficient (Wildman–Crippen LogP) is 4.77. The van der Waals surface area contributed by atoms with E-state index in [1.165, 1.54) is 16.7 Å². The molecule has 2 aromatic carbocycles. The number of rotatable bonds is 4. The van der Waals surface area contributed by atoms with Gasteiger partial charge in [-0.15, -0.1) is 0 Å². The summed E-state index contributed by atoms with van der Waals surface area (Å²) in [4.78, 5) is 0. The molecule has 0 aromatic heterocycles. The quantitative estimate of drug-likeness (QED) is 0.853. The molecule has 0 saturated carbocycles. The summed E-state index contributed by atoms with van der Waals surface area (Å²) < 4.78 is 0. The van der Waals surface area contributed by atoms with Gasteiger partial charge in [0.2, 0.25) is 0 Å². The average molecular weight is 274 g/mol. The second kappa shape index (κ2) is 6.23. The van der Waals surface area contributed by atoms with E-state index in [1.807, 2.05) is 12.1 Å². The maximum atomic E-state index is 6.36. The summed E-state index contributed by atoms with van der Waals surface area (Å²) in [6.45, 7) is 5.03. The van der Waals surface area contributed by atoms with Crippen LogP contribution < -0.4 is 5.73 Å². The maximum Gasteiger partial charge on any atom is 0.0484 e. The van der Waals surface area contributed by atoms with Crippen molar-refractivity contribution >= 4 is 11.6 Å². The summed E-state index contributed by atoms with van der Waals surface area (Å²) in [6, 6.07) is 14.6. The third-order valence-electron chi connectivity index (χ3n) is 3.59. The second-order valence-corrected chi connectivity index (χ2v) is 5.44. The van der Waals surface area contributed by atoms with Gasteiger partial charge in [-0.2, -0.15) is 0 Å². The molecule has 2 heteroatoms. The van der Waals surface area contributed by atoms with Crippen molar-refractivity contribution < 1.29 is 0 Å². The van der Waals surface area contributed by atoms with E-state index in [-0.39, 0.29) is 0 Å². The minimum Gasteiger partial charge on any atom is -0.330 e. The molecule has 1 unspecified atom stereocenters. The fourth-order valence-corrected chi connectivity index (χ4v) is 2.57. The first-order valence-electron chi connectivity index (χ1n) is 6.69. The van der Waals surface area contributed by atoms with Gasteiger partial charge in [0.25, 0.3) is 0 Å². The Bertz CT molecular complexity index is 563. The summed E-state index contributed by atoms with van der Waals surface area (Å²) in [5.74, 6) is 0.463. The highest BCUT2D eigenvalue weighted by Crippen LogP contribution is 2.33. The molecule has 19 heavy (non-hydrogen) atoms. The number of hydrogen-bond acceptors (Lipinski definition) is 1. The first-order chi connectivity index (χ1) is 9.13. The lowest BCUT2D eigenvalue weighted by Gasteiger charge is -2.14. The summed E-state index contributed by atoms with van der Waals surface area (Å²) in [6.07, 6.45) is 0.995. The van der Waals surface area contributed by atoms with Crippen LogP contribution in [0.4, 0.5) is 0 Å². The van der Waals surface area contributed by atoms with Gasteiger partial charge in [-0.3, -0.25) is 0 Å². The van der Waals surface area contributed by atoms with Gasteiger partial charge in [0.1, 0.15) is 0 Å². The molecule has 0 amide bonds. The summed E-state index contributed by atoms with van der Waals surface area (Å²) in [7, 11) is 0. The third kappa shape index (κ3) is 3.17. The molecule has 1 atom stereocenters. The number of benzene rings is 2. The number of hydrogen-bond donors (Lipinski definition) is 1. The van der Waals surface area contributed by atoms with Crippen LogP contribution in [0.25, 0.3) is 11.1 Å². The van der Waals surface area contributed by atoms with E-state index < -0.39 is 0 Å². The highest BCUT2D eigenvalue weighted by molar-refractivity contribution is 6.33. The van der Waals surface area contributed by atoms with Crippen molar-refractivity contribution in [2.75, 3.05) is 6.54 Å². The monoisotopic (exact) mass is 273 g/mol. The van der Waals surface area contributed by atoms with Crippen LogP contribution in [0.1, 0.15) is 30.4 Å². The van der Waals surface area contributed by atoms with Gasteiger partial charge in [-0.25, -0.2) is 0 Å². The normalized spacial score (nSPS) is 12.4. The second-order valence-electron chi connectivity index (χ2n) is 5.03. The molecule has 0 spiro atoms. The zero-order valence-corrected chi connectivity index (χ0v) is 12.2. The van der Waals surface area contributed by atoms with Crippen LogP contribution in [0, 0.1) is 6.92 Å². The standard InChI is InChI=1S/C17H20ClN/c1-12(9-10-19)14-7-8-17(18)16(11-14)15-6-4-3-5-13(15)2/h3-8,11-12H,9-10,19H2,1-2H3. The van der Waals surface area contributed by atoms with Crippen molar-refractivity contribution in [2.45, 2.75) is 26.2 Å². The van der Waals surface area contributed by atoms with Gasteiger partial charge in [0, 0.05) is 10.6 Å². The van der Waals surface area contributed by atoms with Crippen LogP contribution in [-0.4, -0.2) is 6.54 Å².